The van der Waals surface area contributed by atoms with Crippen molar-refractivity contribution in [2.75, 3.05) is 7.11 Å². The second-order valence-electron chi connectivity index (χ2n) is 11.2. The molecule has 3 saturated carbocycles. The Labute approximate surface area is 177 Å². The third-order valence-corrected chi connectivity index (χ3v) is 10.0. The number of aliphatic hydroxyl groups is 1. The van der Waals surface area contributed by atoms with Gasteiger partial charge in [0, 0.05) is 6.42 Å². The summed E-state index contributed by atoms with van der Waals surface area (Å²) in [6.07, 6.45) is 14.7. The van der Waals surface area contributed by atoms with Gasteiger partial charge in [-0.05, 0) is 105 Å². The van der Waals surface area contributed by atoms with Crippen LogP contribution in [0.15, 0.2) is 11.6 Å². The number of hydrogen-bond acceptors (Lipinski definition) is 3. The van der Waals surface area contributed by atoms with Crippen LogP contribution in [0.3, 0.4) is 0 Å². The Hall–Kier alpha value is -0.830. The Morgan fingerprint density at radius 3 is 2.76 bits per heavy atom. The first-order chi connectivity index (χ1) is 13.8. The Balaban J connectivity index is 1.47. The molecule has 29 heavy (non-hydrogen) atoms. The van der Waals surface area contributed by atoms with Crippen molar-refractivity contribution in [3.8, 4) is 0 Å². The van der Waals surface area contributed by atoms with Crippen LogP contribution in [0.2, 0.25) is 0 Å². The van der Waals surface area contributed by atoms with E-state index in [0.29, 0.717) is 17.8 Å². The first-order valence-electron chi connectivity index (χ1n) is 12.3. The summed E-state index contributed by atoms with van der Waals surface area (Å²) in [6.45, 7) is 7.09. The first kappa shape index (κ1) is 21.4. The van der Waals surface area contributed by atoms with E-state index in [1.807, 2.05) is 0 Å². The third kappa shape index (κ3) is 3.70. The summed E-state index contributed by atoms with van der Waals surface area (Å²) in [5.41, 5.74) is 1.60. The molecule has 1 N–H and O–H groups in total. The molecule has 0 unspecified atom stereocenters. The van der Waals surface area contributed by atoms with E-state index in [-0.39, 0.29) is 5.97 Å². The van der Waals surface area contributed by atoms with Crippen molar-refractivity contribution < 1.29 is 14.6 Å². The Morgan fingerprint density at radius 2 is 2.03 bits per heavy atom. The molecule has 3 nitrogen and oxygen atoms in total. The molecule has 0 aromatic carbocycles. The summed E-state index contributed by atoms with van der Waals surface area (Å²) in [4.78, 5) is 11.6. The molecular weight excluding hydrogens is 360 g/mol. The number of allylic oxidation sites excluding steroid dienone is 1. The van der Waals surface area contributed by atoms with Gasteiger partial charge in [0.2, 0.25) is 0 Å². The molecule has 0 aromatic rings. The van der Waals surface area contributed by atoms with Crippen molar-refractivity contribution in [3.63, 3.8) is 0 Å². The highest BCUT2D eigenvalue weighted by atomic mass is 16.5. The molecule has 0 heterocycles. The predicted molar refractivity (Wildman–Crippen MR) is 116 cm³/mol. The standard InChI is InChI=1S/C26H42O3/c1-5-26(28)15-13-19-18(16-26)7-8-21-20(19)12-14-25(3)22(9-10-23(21)25)17(2)6-11-24(27)29-4/h7,17,19-23,28H,5-6,8-16H2,1-4H3/t17-,19+,20-,21-,22-,23+,25-,26+/m1/s1. The van der Waals surface area contributed by atoms with Crippen LogP contribution in [0.25, 0.3) is 0 Å². The van der Waals surface area contributed by atoms with Crippen molar-refractivity contribution >= 4 is 5.97 Å². The molecule has 0 aromatic heterocycles. The summed E-state index contributed by atoms with van der Waals surface area (Å²) in [6, 6.07) is 0. The molecular formula is C26H42O3. The SMILES string of the molecule is CC[C@]1(O)CC[C@H]2C(=CC[C@@H]3[C@@H]2CC[C@]2(C)[C@@H]([C@H](C)CCC(=O)OC)CC[C@@H]32)C1. The van der Waals surface area contributed by atoms with E-state index in [2.05, 4.69) is 26.8 Å². The molecule has 3 fully saturated rings. The van der Waals surface area contributed by atoms with Gasteiger partial charge in [-0.15, -0.1) is 0 Å². The fourth-order valence-electron chi connectivity index (χ4n) is 8.29. The second kappa shape index (κ2) is 8.02. The van der Waals surface area contributed by atoms with E-state index in [1.54, 1.807) is 5.57 Å². The highest BCUT2D eigenvalue weighted by Crippen LogP contribution is 2.65. The van der Waals surface area contributed by atoms with E-state index < -0.39 is 5.60 Å². The molecule has 4 aliphatic rings. The monoisotopic (exact) mass is 402 g/mol. The minimum atomic E-state index is -0.439. The van der Waals surface area contributed by atoms with Crippen LogP contribution in [0, 0.1) is 40.9 Å². The number of ether oxygens (including phenoxy) is 1. The maximum atomic E-state index is 11.6. The van der Waals surface area contributed by atoms with E-state index >= 15 is 0 Å². The van der Waals surface area contributed by atoms with Gasteiger partial charge < -0.3 is 9.84 Å². The summed E-state index contributed by atoms with van der Waals surface area (Å²) >= 11 is 0. The molecule has 0 bridgehead atoms. The Morgan fingerprint density at radius 1 is 1.24 bits per heavy atom. The normalized spacial score (nSPS) is 44.9. The van der Waals surface area contributed by atoms with Crippen LogP contribution in [-0.4, -0.2) is 23.8 Å². The highest BCUT2D eigenvalue weighted by molar-refractivity contribution is 5.69. The van der Waals surface area contributed by atoms with Crippen LogP contribution >= 0.6 is 0 Å². The number of hydrogen-bond donors (Lipinski definition) is 1. The molecule has 0 spiro atoms. The summed E-state index contributed by atoms with van der Waals surface area (Å²) in [7, 11) is 1.50. The van der Waals surface area contributed by atoms with Gasteiger partial charge in [0.1, 0.15) is 0 Å². The first-order valence-corrected chi connectivity index (χ1v) is 12.3. The minimum absolute atomic E-state index is 0.0606. The number of rotatable bonds is 5. The molecule has 164 valence electrons. The number of esters is 1. The summed E-state index contributed by atoms with van der Waals surface area (Å²) in [5.74, 6) is 4.56. The van der Waals surface area contributed by atoms with Crippen molar-refractivity contribution in [2.24, 2.45) is 40.9 Å². The number of methoxy groups -OCH3 is 1. The average molecular weight is 403 g/mol. The fourth-order valence-corrected chi connectivity index (χ4v) is 8.29. The van der Waals surface area contributed by atoms with Gasteiger partial charge in [0.15, 0.2) is 0 Å². The Kier molecular flexibility index (Phi) is 5.92. The van der Waals surface area contributed by atoms with Gasteiger partial charge in [0.05, 0.1) is 12.7 Å². The summed E-state index contributed by atoms with van der Waals surface area (Å²) in [5, 5.41) is 10.8. The van der Waals surface area contributed by atoms with E-state index in [0.717, 1.165) is 55.3 Å². The van der Waals surface area contributed by atoms with Crippen LogP contribution in [-0.2, 0) is 9.53 Å². The van der Waals surface area contributed by atoms with E-state index in [4.69, 9.17) is 4.74 Å². The maximum absolute atomic E-state index is 11.6. The van der Waals surface area contributed by atoms with Gasteiger partial charge in [-0.2, -0.15) is 0 Å². The van der Waals surface area contributed by atoms with Crippen LogP contribution in [0.4, 0.5) is 0 Å². The molecule has 4 rings (SSSR count). The lowest BCUT2D eigenvalue weighted by atomic mass is 9.50. The van der Waals surface area contributed by atoms with Gasteiger partial charge in [0.25, 0.3) is 0 Å². The fraction of sp³-hybridized carbons (Fsp3) is 0.885. The largest absolute Gasteiger partial charge is 0.469 e. The highest BCUT2D eigenvalue weighted by Gasteiger charge is 2.57. The lowest BCUT2D eigenvalue weighted by Crippen LogP contribution is -2.48. The number of carbonyl (C=O) groups excluding carboxylic acids is 1. The van der Waals surface area contributed by atoms with Crippen LogP contribution in [0.5, 0.6) is 0 Å². The minimum Gasteiger partial charge on any atom is -0.469 e. The van der Waals surface area contributed by atoms with Gasteiger partial charge in [-0.25, -0.2) is 0 Å². The lowest BCUT2D eigenvalue weighted by Gasteiger charge is -2.55. The molecule has 0 aliphatic heterocycles. The zero-order valence-electron chi connectivity index (χ0n) is 19.1. The van der Waals surface area contributed by atoms with Crippen LogP contribution < -0.4 is 0 Å². The smallest absolute Gasteiger partial charge is 0.305 e. The van der Waals surface area contributed by atoms with Crippen molar-refractivity contribution in [1.82, 2.24) is 0 Å². The molecule has 0 radical (unpaired) electrons. The molecule has 8 atom stereocenters. The third-order valence-electron chi connectivity index (χ3n) is 10.0. The van der Waals surface area contributed by atoms with Gasteiger partial charge in [-0.3, -0.25) is 4.79 Å². The van der Waals surface area contributed by atoms with Crippen molar-refractivity contribution in [2.45, 2.75) is 97.0 Å². The van der Waals surface area contributed by atoms with Crippen molar-refractivity contribution in [3.05, 3.63) is 11.6 Å². The lowest BCUT2D eigenvalue weighted by molar-refractivity contribution is -0.141. The molecule has 0 saturated heterocycles. The zero-order valence-corrected chi connectivity index (χ0v) is 19.1. The zero-order chi connectivity index (χ0) is 20.8. The van der Waals surface area contributed by atoms with E-state index in [1.165, 1.54) is 45.6 Å². The predicted octanol–water partition coefficient (Wildman–Crippen LogP) is 5.91. The quantitative estimate of drug-likeness (QED) is 0.459. The summed E-state index contributed by atoms with van der Waals surface area (Å²) < 4.78 is 4.88. The van der Waals surface area contributed by atoms with Gasteiger partial charge >= 0.3 is 5.97 Å². The number of carbonyl (C=O) groups is 1. The van der Waals surface area contributed by atoms with Crippen molar-refractivity contribution in [1.29, 1.82) is 0 Å². The average Bonchev–Trinajstić information content (AvgIpc) is 3.08. The van der Waals surface area contributed by atoms with E-state index in [9.17, 15) is 9.90 Å². The molecule has 4 aliphatic carbocycles. The molecule has 3 heteroatoms. The Bertz CT molecular complexity index is 654. The van der Waals surface area contributed by atoms with Crippen LogP contribution in [0.1, 0.15) is 91.4 Å². The van der Waals surface area contributed by atoms with Gasteiger partial charge in [-0.1, -0.05) is 32.4 Å². The maximum Gasteiger partial charge on any atom is 0.305 e. The molecule has 0 amide bonds. The number of fused-ring (bicyclic) bond motifs is 5. The second-order valence-corrected chi connectivity index (χ2v) is 11.2. The topological polar surface area (TPSA) is 46.5 Å².